The quantitative estimate of drug-likeness (QED) is 0.259. The van der Waals surface area contributed by atoms with Crippen LogP contribution < -0.4 is 16.2 Å². The molecule has 0 saturated heterocycles. The van der Waals surface area contributed by atoms with E-state index in [1.165, 1.54) is 6.33 Å². The molecule has 0 radical (unpaired) electrons. The summed E-state index contributed by atoms with van der Waals surface area (Å²) in [6.45, 7) is 4.10. The molecule has 12 heteroatoms. The Balaban J connectivity index is 1.40. The van der Waals surface area contributed by atoms with Gasteiger partial charge in [-0.25, -0.2) is 14.5 Å². The molecule has 0 bridgehead atoms. The fraction of sp³-hybridized carbons (Fsp3) is 0.154. The van der Waals surface area contributed by atoms with Crippen molar-refractivity contribution >= 4 is 28.3 Å². The maximum Gasteiger partial charge on any atom is 0.282 e. The second-order valence-electron chi connectivity index (χ2n) is 8.93. The molecule has 4 N–H and O–H groups in total. The van der Waals surface area contributed by atoms with Crippen molar-refractivity contribution in [1.29, 1.82) is 0 Å². The predicted octanol–water partition coefficient (Wildman–Crippen LogP) is 2.89. The number of rotatable bonds is 7. The van der Waals surface area contributed by atoms with Crippen LogP contribution in [0.2, 0.25) is 0 Å². The number of para-hydroxylation sites is 1. The van der Waals surface area contributed by atoms with Gasteiger partial charge in [-0.05, 0) is 37.6 Å². The molecular weight excluding hydrogens is 484 g/mol. The number of amides is 1. The van der Waals surface area contributed by atoms with Crippen LogP contribution in [-0.4, -0.2) is 45.2 Å². The summed E-state index contributed by atoms with van der Waals surface area (Å²) in [6, 6.07) is 10.8. The third kappa shape index (κ3) is 3.97. The lowest BCUT2D eigenvalue weighted by Gasteiger charge is -2.20. The molecule has 1 amide bonds. The number of carbonyl (C=O) groups is 1. The zero-order valence-electron chi connectivity index (χ0n) is 20.6. The van der Waals surface area contributed by atoms with Gasteiger partial charge in [0.05, 0.1) is 28.9 Å². The van der Waals surface area contributed by atoms with Crippen LogP contribution in [-0.2, 0) is 6.54 Å². The lowest BCUT2D eigenvalue weighted by molar-refractivity contribution is 0.0952. The lowest BCUT2D eigenvalue weighted by atomic mass is 10.2. The fourth-order valence-corrected chi connectivity index (χ4v) is 4.51. The van der Waals surface area contributed by atoms with Crippen LogP contribution in [0.4, 0.5) is 5.82 Å². The van der Waals surface area contributed by atoms with Crippen molar-refractivity contribution < 1.29 is 4.79 Å². The number of H-pyrrole nitrogens is 2. The number of aromatic nitrogens is 8. The smallest absolute Gasteiger partial charge is 0.282 e. The second kappa shape index (κ2) is 9.32. The summed E-state index contributed by atoms with van der Waals surface area (Å²) in [5.41, 5.74) is 3.63. The normalized spacial score (nSPS) is 12.2. The lowest BCUT2D eigenvalue weighted by Crippen LogP contribution is -2.29. The first-order chi connectivity index (χ1) is 18.5. The first-order valence-electron chi connectivity index (χ1n) is 12.0. The monoisotopic (exact) mass is 508 g/mol. The number of fused-ring (bicyclic) bond motifs is 2. The van der Waals surface area contributed by atoms with Gasteiger partial charge in [0, 0.05) is 30.7 Å². The van der Waals surface area contributed by atoms with E-state index in [1.807, 2.05) is 50.2 Å². The summed E-state index contributed by atoms with van der Waals surface area (Å²) >= 11 is 0. The van der Waals surface area contributed by atoms with Crippen LogP contribution in [0.1, 0.15) is 40.3 Å². The average molecular weight is 509 g/mol. The van der Waals surface area contributed by atoms with Crippen LogP contribution >= 0.6 is 0 Å². The van der Waals surface area contributed by atoms with Crippen LogP contribution in [0.3, 0.4) is 0 Å². The number of nitrogens with one attached hydrogen (secondary N) is 4. The van der Waals surface area contributed by atoms with Crippen molar-refractivity contribution in [3.63, 3.8) is 0 Å². The molecule has 0 aliphatic carbocycles. The Kier molecular flexibility index (Phi) is 5.68. The van der Waals surface area contributed by atoms with Crippen molar-refractivity contribution in [1.82, 2.24) is 44.6 Å². The van der Waals surface area contributed by atoms with Crippen LogP contribution in [0, 0.1) is 6.92 Å². The van der Waals surface area contributed by atoms with E-state index in [0.29, 0.717) is 46.0 Å². The number of aryl methyl sites for hydroxylation is 1. The maximum atomic E-state index is 13.7. The summed E-state index contributed by atoms with van der Waals surface area (Å²) in [7, 11) is 0. The molecule has 5 aromatic heterocycles. The zero-order chi connectivity index (χ0) is 26.2. The molecule has 190 valence electrons. The Hall–Kier alpha value is -5.26. The van der Waals surface area contributed by atoms with E-state index in [0.717, 1.165) is 11.1 Å². The molecular formula is C26H24N10O2. The van der Waals surface area contributed by atoms with Crippen molar-refractivity contribution in [2.45, 2.75) is 26.4 Å². The standard InChI is InChI=1S/C26H24N10O2/c1-15-8-9-35-21(15)26(38)36(18-6-4-3-5-7-18)24(34-35)16(2)33-23-20-19(13-27-22(20)29-14-30-23)25(37)28-10-17-11-31-32-12-17/h3-9,11-14,16H,10H2,1-2H3,(H,28,37)(H,31,32)(H2,27,29,30,33). The number of nitrogens with zero attached hydrogens (tertiary/aromatic N) is 6. The van der Waals surface area contributed by atoms with Gasteiger partial charge in [0.1, 0.15) is 23.3 Å². The number of aromatic amines is 2. The molecule has 6 rings (SSSR count). The van der Waals surface area contributed by atoms with Crippen LogP contribution in [0.15, 0.2) is 72.3 Å². The van der Waals surface area contributed by atoms with Gasteiger partial charge in [-0.15, -0.1) is 0 Å². The number of hydrogen-bond donors (Lipinski definition) is 4. The molecule has 1 atom stereocenters. The van der Waals surface area contributed by atoms with Gasteiger partial charge in [0.15, 0.2) is 5.82 Å². The summed E-state index contributed by atoms with van der Waals surface area (Å²) < 4.78 is 3.21. The van der Waals surface area contributed by atoms with E-state index < -0.39 is 6.04 Å². The maximum absolute atomic E-state index is 13.7. The largest absolute Gasteiger partial charge is 0.360 e. The number of benzene rings is 1. The minimum absolute atomic E-state index is 0.175. The second-order valence-corrected chi connectivity index (χ2v) is 8.93. The first kappa shape index (κ1) is 23.2. The van der Waals surface area contributed by atoms with Crippen molar-refractivity contribution in [3.05, 3.63) is 100 Å². The zero-order valence-corrected chi connectivity index (χ0v) is 20.6. The van der Waals surface area contributed by atoms with Gasteiger partial charge in [-0.1, -0.05) is 18.2 Å². The van der Waals surface area contributed by atoms with E-state index in [-0.39, 0.29) is 11.5 Å². The average Bonchev–Trinajstić information content (AvgIpc) is 3.68. The van der Waals surface area contributed by atoms with E-state index in [9.17, 15) is 9.59 Å². The van der Waals surface area contributed by atoms with E-state index in [2.05, 4.69) is 35.8 Å². The Morgan fingerprint density at radius 1 is 1.13 bits per heavy atom. The molecule has 6 aromatic rings. The van der Waals surface area contributed by atoms with Gasteiger partial charge in [-0.2, -0.15) is 10.2 Å². The first-order valence-corrected chi connectivity index (χ1v) is 12.0. The van der Waals surface area contributed by atoms with Crippen LogP contribution in [0.5, 0.6) is 0 Å². The minimum atomic E-state index is -0.468. The molecule has 1 aromatic carbocycles. The molecule has 38 heavy (non-hydrogen) atoms. The Bertz CT molecular complexity index is 1820. The highest BCUT2D eigenvalue weighted by atomic mass is 16.1. The number of anilines is 1. The summed E-state index contributed by atoms with van der Waals surface area (Å²) in [5, 5.41) is 18.2. The fourth-order valence-electron chi connectivity index (χ4n) is 4.51. The third-order valence-corrected chi connectivity index (χ3v) is 6.39. The number of carbonyl (C=O) groups excluding carboxylic acids is 1. The molecule has 1 unspecified atom stereocenters. The van der Waals surface area contributed by atoms with Gasteiger partial charge in [0.25, 0.3) is 11.5 Å². The van der Waals surface area contributed by atoms with Crippen LogP contribution in [0.25, 0.3) is 22.2 Å². The summed E-state index contributed by atoms with van der Waals surface area (Å²) in [4.78, 5) is 38.5. The van der Waals surface area contributed by atoms with Gasteiger partial charge in [-0.3, -0.25) is 19.3 Å². The molecule has 0 aliphatic heterocycles. The Labute approximate surface area is 215 Å². The Morgan fingerprint density at radius 2 is 1.97 bits per heavy atom. The molecule has 5 heterocycles. The summed E-state index contributed by atoms with van der Waals surface area (Å²) in [6.07, 6.45) is 8.16. The molecule has 0 saturated carbocycles. The highest BCUT2D eigenvalue weighted by Gasteiger charge is 2.23. The highest BCUT2D eigenvalue weighted by Crippen LogP contribution is 2.27. The Morgan fingerprint density at radius 3 is 2.76 bits per heavy atom. The molecule has 0 spiro atoms. The van der Waals surface area contributed by atoms with E-state index in [4.69, 9.17) is 5.10 Å². The predicted molar refractivity (Wildman–Crippen MR) is 141 cm³/mol. The van der Waals surface area contributed by atoms with E-state index >= 15 is 0 Å². The SMILES string of the molecule is Cc1ccn2nc(C(C)Nc3ncnc4[nH]cc(C(=O)NCc5cn[nH]c5)c34)n(-c3ccccc3)c(=O)c12. The van der Waals surface area contributed by atoms with Crippen molar-refractivity contribution in [2.24, 2.45) is 0 Å². The van der Waals surface area contributed by atoms with Gasteiger partial charge in [0.2, 0.25) is 0 Å². The van der Waals surface area contributed by atoms with E-state index in [1.54, 1.807) is 33.9 Å². The molecule has 0 fully saturated rings. The van der Waals surface area contributed by atoms with Gasteiger partial charge >= 0.3 is 0 Å². The highest BCUT2D eigenvalue weighted by molar-refractivity contribution is 6.09. The molecule has 0 aliphatic rings. The van der Waals surface area contributed by atoms with Crippen molar-refractivity contribution in [3.8, 4) is 5.69 Å². The minimum Gasteiger partial charge on any atom is -0.360 e. The molecule has 12 nitrogen and oxygen atoms in total. The number of hydrogen-bond acceptors (Lipinski definition) is 7. The third-order valence-electron chi connectivity index (χ3n) is 6.39. The van der Waals surface area contributed by atoms with Crippen molar-refractivity contribution in [2.75, 3.05) is 5.32 Å². The topological polar surface area (TPSA) is 151 Å². The van der Waals surface area contributed by atoms with Gasteiger partial charge < -0.3 is 15.6 Å². The summed E-state index contributed by atoms with van der Waals surface area (Å²) in [5.74, 6) is 0.638.